The number of hydrogen-bond acceptors (Lipinski definition) is 6. The lowest BCUT2D eigenvalue weighted by atomic mass is 10.1. The summed E-state index contributed by atoms with van der Waals surface area (Å²) < 4.78 is 0. The minimum Gasteiger partial charge on any atom is -0.411 e. The Hall–Kier alpha value is -1.14. The van der Waals surface area contributed by atoms with Crippen molar-refractivity contribution in [2.45, 2.75) is 59.0 Å². The van der Waals surface area contributed by atoms with E-state index in [9.17, 15) is 0 Å². The average molecular weight is 272 g/mol. The van der Waals surface area contributed by atoms with Crippen LogP contribution in [0, 0.1) is 0 Å². The molecule has 2 unspecified atom stereocenters. The predicted molar refractivity (Wildman–Crippen MR) is 78.6 cm³/mol. The van der Waals surface area contributed by atoms with Crippen LogP contribution in [0.1, 0.15) is 47.0 Å². The summed E-state index contributed by atoms with van der Waals surface area (Å²) >= 11 is 0. The maximum atomic E-state index is 8.79. The van der Waals surface area contributed by atoms with Gasteiger partial charge in [0.05, 0.1) is 11.4 Å². The zero-order chi connectivity index (χ0) is 14.7. The first-order chi connectivity index (χ1) is 9.10. The molecule has 19 heavy (non-hydrogen) atoms. The highest BCUT2D eigenvalue weighted by molar-refractivity contribution is 5.88. The molecule has 4 N–H and O–H groups in total. The molecule has 6 heteroatoms. The molecular weight excluding hydrogens is 244 g/mol. The monoisotopic (exact) mass is 272 g/mol. The zero-order valence-electron chi connectivity index (χ0n) is 12.5. The molecule has 0 heterocycles. The van der Waals surface area contributed by atoms with Gasteiger partial charge in [0, 0.05) is 12.1 Å². The van der Waals surface area contributed by atoms with E-state index in [0.717, 1.165) is 43.8 Å². The van der Waals surface area contributed by atoms with Gasteiger partial charge >= 0.3 is 0 Å². The fourth-order valence-corrected chi connectivity index (χ4v) is 1.89. The Morgan fingerprint density at radius 3 is 1.53 bits per heavy atom. The molecule has 0 fully saturated rings. The van der Waals surface area contributed by atoms with Crippen LogP contribution in [0.25, 0.3) is 0 Å². The fourth-order valence-electron chi connectivity index (χ4n) is 1.89. The van der Waals surface area contributed by atoms with Crippen LogP contribution in [0.4, 0.5) is 0 Å². The predicted octanol–water partition coefficient (Wildman–Crippen LogP) is 1.81. The largest absolute Gasteiger partial charge is 0.411 e. The van der Waals surface area contributed by atoms with Crippen LogP contribution in [0.2, 0.25) is 0 Å². The van der Waals surface area contributed by atoms with Crippen LogP contribution in [-0.4, -0.2) is 47.0 Å². The summed E-state index contributed by atoms with van der Waals surface area (Å²) in [5, 5.41) is 30.7. The van der Waals surface area contributed by atoms with Crippen LogP contribution in [0.3, 0.4) is 0 Å². The molecule has 112 valence electrons. The van der Waals surface area contributed by atoms with Crippen LogP contribution in [0.15, 0.2) is 10.3 Å². The highest BCUT2D eigenvalue weighted by Crippen LogP contribution is 1.95. The number of hydrogen-bond donors (Lipinski definition) is 4. The van der Waals surface area contributed by atoms with Gasteiger partial charge in [-0.25, -0.2) is 0 Å². The Morgan fingerprint density at radius 2 is 1.26 bits per heavy atom. The second-order valence-corrected chi connectivity index (χ2v) is 4.59. The molecule has 2 atom stereocenters. The topological polar surface area (TPSA) is 89.2 Å². The first-order valence-electron chi connectivity index (χ1n) is 6.99. The Balaban J connectivity index is 3.77. The maximum absolute atomic E-state index is 8.79. The first-order valence-corrected chi connectivity index (χ1v) is 6.99. The molecular formula is C13H28N4O2. The number of nitrogens with zero attached hydrogens (tertiary/aromatic N) is 2. The summed E-state index contributed by atoms with van der Waals surface area (Å²) in [6.45, 7) is 9.60. The van der Waals surface area contributed by atoms with Crippen molar-refractivity contribution in [1.82, 2.24) is 10.6 Å². The smallest absolute Gasteiger partial charge is 0.0734 e. The van der Waals surface area contributed by atoms with Crippen molar-refractivity contribution in [2.24, 2.45) is 10.3 Å². The number of oxime groups is 2. The van der Waals surface area contributed by atoms with Crippen molar-refractivity contribution in [3.63, 3.8) is 0 Å². The lowest BCUT2D eigenvalue weighted by Crippen LogP contribution is -2.38. The lowest BCUT2D eigenvalue weighted by molar-refractivity contribution is 0.314. The van der Waals surface area contributed by atoms with Crippen molar-refractivity contribution >= 4 is 11.4 Å². The van der Waals surface area contributed by atoms with Crippen molar-refractivity contribution < 1.29 is 10.4 Å². The normalized spacial score (nSPS) is 16.4. The molecule has 0 aliphatic carbocycles. The molecule has 0 aromatic heterocycles. The first kappa shape index (κ1) is 17.9. The highest BCUT2D eigenvalue weighted by atomic mass is 16.4. The summed E-state index contributed by atoms with van der Waals surface area (Å²) in [7, 11) is 0. The summed E-state index contributed by atoms with van der Waals surface area (Å²) in [5.74, 6) is 0. The number of nitrogens with one attached hydrogen (secondary N) is 2. The molecule has 0 rings (SSSR count). The van der Waals surface area contributed by atoms with Gasteiger partial charge in [-0.3, -0.25) is 0 Å². The van der Waals surface area contributed by atoms with Crippen molar-refractivity contribution in [2.75, 3.05) is 13.1 Å². The Morgan fingerprint density at radius 1 is 0.895 bits per heavy atom. The van der Waals surface area contributed by atoms with Gasteiger partial charge in [-0.1, -0.05) is 24.2 Å². The fraction of sp³-hybridized carbons (Fsp3) is 0.846. The molecule has 0 aliphatic rings. The second kappa shape index (κ2) is 10.8. The van der Waals surface area contributed by atoms with E-state index in [1.807, 2.05) is 27.7 Å². The van der Waals surface area contributed by atoms with Gasteiger partial charge in [0.2, 0.25) is 0 Å². The minimum atomic E-state index is 0.0950. The van der Waals surface area contributed by atoms with Crippen LogP contribution in [0.5, 0.6) is 0 Å². The minimum absolute atomic E-state index is 0.0950. The molecule has 0 spiro atoms. The summed E-state index contributed by atoms with van der Waals surface area (Å²) in [6, 6.07) is 0.190. The van der Waals surface area contributed by atoms with E-state index in [0.29, 0.717) is 0 Å². The Labute approximate surface area is 116 Å². The molecule has 0 saturated heterocycles. The van der Waals surface area contributed by atoms with Crippen LogP contribution >= 0.6 is 0 Å². The van der Waals surface area contributed by atoms with E-state index in [2.05, 4.69) is 20.9 Å². The molecule has 0 amide bonds. The van der Waals surface area contributed by atoms with Gasteiger partial charge in [-0.2, -0.15) is 0 Å². The van der Waals surface area contributed by atoms with Gasteiger partial charge < -0.3 is 21.0 Å². The molecule has 0 aliphatic heterocycles. The summed E-state index contributed by atoms with van der Waals surface area (Å²) in [5.41, 5.74) is 1.53. The third-order valence-electron chi connectivity index (χ3n) is 3.24. The van der Waals surface area contributed by atoms with E-state index in [4.69, 9.17) is 10.4 Å². The Bertz CT molecular complexity index is 264. The summed E-state index contributed by atoms with van der Waals surface area (Å²) in [6.07, 6.45) is 2.44. The quantitative estimate of drug-likeness (QED) is 0.211. The third kappa shape index (κ3) is 7.12. The standard InChI is InChI=1S/C13H28N4O2/c1-5-12(16-18)10(3)14-8-7-9-15-11(4)13(6-2)17-19/h10-11,14-15,18-19H,5-9H2,1-4H3/b16-12-,17-13-. The maximum Gasteiger partial charge on any atom is 0.0734 e. The SMILES string of the molecule is CC/C(=N/O)C(C)NCCCNC(C)/C(CC)=N\O. The van der Waals surface area contributed by atoms with Gasteiger partial charge in [0.25, 0.3) is 0 Å². The van der Waals surface area contributed by atoms with Crippen LogP contribution < -0.4 is 10.6 Å². The van der Waals surface area contributed by atoms with Crippen molar-refractivity contribution in [3.05, 3.63) is 0 Å². The van der Waals surface area contributed by atoms with Gasteiger partial charge in [0.1, 0.15) is 0 Å². The zero-order valence-corrected chi connectivity index (χ0v) is 12.5. The van der Waals surface area contributed by atoms with Crippen molar-refractivity contribution in [3.8, 4) is 0 Å². The van der Waals surface area contributed by atoms with E-state index >= 15 is 0 Å². The van der Waals surface area contributed by atoms with Gasteiger partial charge in [-0.05, 0) is 46.2 Å². The van der Waals surface area contributed by atoms with E-state index in [1.165, 1.54) is 0 Å². The van der Waals surface area contributed by atoms with E-state index < -0.39 is 0 Å². The van der Waals surface area contributed by atoms with E-state index in [-0.39, 0.29) is 12.1 Å². The second-order valence-electron chi connectivity index (χ2n) is 4.59. The van der Waals surface area contributed by atoms with Crippen molar-refractivity contribution in [1.29, 1.82) is 0 Å². The molecule has 0 aromatic carbocycles. The Kier molecular flexibility index (Phi) is 10.1. The molecule has 6 nitrogen and oxygen atoms in total. The molecule has 0 bridgehead atoms. The van der Waals surface area contributed by atoms with Gasteiger partial charge in [-0.15, -0.1) is 0 Å². The third-order valence-corrected chi connectivity index (χ3v) is 3.24. The van der Waals surface area contributed by atoms with E-state index in [1.54, 1.807) is 0 Å². The number of rotatable bonds is 10. The molecule has 0 radical (unpaired) electrons. The van der Waals surface area contributed by atoms with Gasteiger partial charge in [0.15, 0.2) is 0 Å². The molecule has 0 saturated carbocycles. The highest BCUT2D eigenvalue weighted by Gasteiger charge is 2.09. The lowest BCUT2D eigenvalue weighted by Gasteiger charge is -2.16. The average Bonchev–Trinajstić information content (AvgIpc) is 2.41. The van der Waals surface area contributed by atoms with Crippen LogP contribution in [-0.2, 0) is 0 Å². The molecule has 0 aromatic rings. The summed E-state index contributed by atoms with van der Waals surface area (Å²) in [4.78, 5) is 0.